The maximum Gasteiger partial charge on any atom is 0.326 e. The number of halogens is 1. The van der Waals surface area contributed by atoms with Gasteiger partial charge in [-0.1, -0.05) is 77.8 Å². The normalized spacial score (nSPS) is 20.4. The van der Waals surface area contributed by atoms with Crippen molar-refractivity contribution in [2.75, 3.05) is 53.8 Å². The molecule has 0 aliphatic carbocycles. The van der Waals surface area contributed by atoms with Crippen molar-refractivity contribution in [3.05, 3.63) is 35.9 Å². The van der Waals surface area contributed by atoms with Crippen LogP contribution in [-0.2, 0) is 54.3 Å². The maximum absolute atomic E-state index is 15.2. The van der Waals surface area contributed by atoms with Crippen molar-refractivity contribution in [1.82, 2.24) is 30.2 Å². The largest absolute Gasteiger partial charge is 0.480 e. The predicted octanol–water partition coefficient (Wildman–Crippen LogP) is 2.60. The highest BCUT2D eigenvalue weighted by atomic mass is 32.2. The second kappa shape index (κ2) is 27.4. The lowest BCUT2D eigenvalue weighted by Crippen LogP contribution is -2.56. The summed E-state index contributed by atoms with van der Waals surface area (Å²) in [4.78, 5) is 111. The van der Waals surface area contributed by atoms with Crippen molar-refractivity contribution in [2.45, 2.75) is 140 Å². The predicted molar refractivity (Wildman–Crippen MR) is 251 cm³/mol. The average molecular weight is 964 g/mol. The number of carbonyl (C=O) groups is 8. The summed E-state index contributed by atoms with van der Waals surface area (Å²) in [5.74, 6) is -5.28. The van der Waals surface area contributed by atoms with E-state index in [0.717, 1.165) is 0 Å². The van der Waals surface area contributed by atoms with E-state index in [4.69, 9.17) is 15.2 Å². The SMILES string of the molecule is CC[C@H](C)[C@@H]([C@@H](CC(=O)N1C[C@@H](F)C[C@H]1[C@H](OC)[C@@H](C)C(=O)N[C@@H](Cc1ccccc1)C(=O)O)OC)N(C)C(=O)CNC(=O)[C@H](C(C)C)N(C)C(=O)CCCCCN1C(=O)CC(SCN)C1=O. The van der Waals surface area contributed by atoms with Crippen molar-refractivity contribution in [2.24, 2.45) is 23.5 Å². The Bertz CT molecular complexity index is 1850. The number of methoxy groups -OCH3 is 2. The molecule has 18 nitrogen and oxygen atoms in total. The van der Waals surface area contributed by atoms with E-state index < -0.39 is 89.9 Å². The van der Waals surface area contributed by atoms with Crippen molar-refractivity contribution in [1.29, 1.82) is 0 Å². The van der Waals surface area contributed by atoms with E-state index in [9.17, 15) is 43.5 Å². The monoisotopic (exact) mass is 964 g/mol. The molecular weight excluding hydrogens is 890 g/mol. The van der Waals surface area contributed by atoms with Crippen LogP contribution in [0.2, 0.25) is 0 Å². The van der Waals surface area contributed by atoms with Gasteiger partial charge in [0.2, 0.25) is 41.4 Å². The first kappa shape index (κ1) is 56.7. The molecule has 5 N–H and O–H groups in total. The van der Waals surface area contributed by atoms with Crippen LogP contribution in [0.5, 0.6) is 0 Å². The highest BCUT2D eigenvalue weighted by Gasteiger charge is 2.46. The van der Waals surface area contributed by atoms with Crippen LogP contribution in [0.4, 0.5) is 4.39 Å². The first-order valence-electron chi connectivity index (χ1n) is 23.2. The molecule has 2 heterocycles. The van der Waals surface area contributed by atoms with Crippen molar-refractivity contribution in [3.63, 3.8) is 0 Å². The summed E-state index contributed by atoms with van der Waals surface area (Å²) < 4.78 is 26.9. The van der Waals surface area contributed by atoms with Crippen molar-refractivity contribution < 1.29 is 57.3 Å². The van der Waals surface area contributed by atoms with Gasteiger partial charge in [-0.2, -0.15) is 0 Å². The second-order valence-corrected chi connectivity index (χ2v) is 19.3. The number of nitrogens with two attached hydrogens (primary N) is 1. The molecule has 20 heteroatoms. The van der Waals surface area contributed by atoms with Gasteiger partial charge >= 0.3 is 5.97 Å². The van der Waals surface area contributed by atoms with Crippen molar-refractivity contribution in [3.8, 4) is 0 Å². The lowest BCUT2D eigenvalue weighted by molar-refractivity contribution is -0.147. The number of carboxylic acid groups (broad SMARTS) is 1. The molecule has 10 atom stereocenters. The standard InChI is InChI=1S/C47H74FN7O11S/c1-10-29(4)42(53(7)40(59)25-50-45(61)41(28(2)3)52(6)37(56)19-15-12-16-20-54-39(58)24-36(46(54)62)67-27-49)35(65-8)23-38(57)55-26-32(48)22-34(55)43(66-9)30(5)44(60)51-33(47(63)64)21-31-17-13-11-14-18-31/h11,13-14,17-18,28-30,32-36,41-43H,10,12,15-16,19-27,49H2,1-9H3,(H,50,61)(H,51,60)(H,63,64)/t29-,30+,32-,33-,34-,35+,36?,41-,42-,43+/m0/s1. The van der Waals surface area contributed by atoms with E-state index >= 15 is 4.39 Å². The molecular formula is C47H74FN7O11S. The zero-order valence-electron chi connectivity index (χ0n) is 40.6. The number of carboxylic acids is 1. The molecule has 2 saturated heterocycles. The summed E-state index contributed by atoms with van der Waals surface area (Å²) >= 11 is 1.25. The highest BCUT2D eigenvalue weighted by Crippen LogP contribution is 2.31. The number of unbranched alkanes of at least 4 members (excludes halogenated alkanes) is 2. The minimum atomic E-state index is -1.42. The quantitative estimate of drug-likeness (QED) is 0.0538. The Morgan fingerprint density at radius 2 is 1.63 bits per heavy atom. The molecule has 1 aromatic rings. The summed E-state index contributed by atoms with van der Waals surface area (Å²) in [6.45, 7) is 8.57. The molecule has 0 saturated carbocycles. The number of benzene rings is 1. The summed E-state index contributed by atoms with van der Waals surface area (Å²) in [5, 5.41) is 14.7. The van der Waals surface area contributed by atoms with Crippen LogP contribution in [0, 0.1) is 17.8 Å². The molecule has 2 fully saturated rings. The van der Waals surface area contributed by atoms with Gasteiger partial charge in [0, 0.05) is 66.4 Å². The Kier molecular flexibility index (Phi) is 23.1. The molecule has 0 radical (unpaired) electrons. The number of likely N-dealkylation sites (N-methyl/N-ethyl adjacent to an activating group) is 2. The number of rotatable bonds is 28. The fraction of sp³-hybridized carbons (Fsp3) is 0.702. The molecule has 2 aliphatic heterocycles. The fourth-order valence-corrected chi connectivity index (χ4v) is 9.91. The van der Waals surface area contributed by atoms with E-state index in [1.54, 1.807) is 65.2 Å². The van der Waals surface area contributed by atoms with Gasteiger partial charge in [0.25, 0.3) is 0 Å². The van der Waals surface area contributed by atoms with Gasteiger partial charge < -0.3 is 45.6 Å². The summed E-state index contributed by atoms with van der Waals surface area (Å²) in [6, 6.07) is 5.18. The topological polar surface area (TPSA) is 238 Å². The number of alkyl halides is 1. The number of aliphatic carboxylic acids is 1. The number of hydrogen-bond donors (Lipinski definition) is 4. The molecule has 0 bridgehead atoms. The Hall–Kier alpha value is -4.66. The molecule has 376 valence electrons. The van der Waals surface area contributed by atoms with E-state index in [2.05, 4.69) is 10.6 Å². The average Bonchev–Trinajstić information content (AvgIpc) is 3.81. The molecule has 67 heavy (non-hydrogen) atoms. The molecule has 7 amide bonds. The third-order valence-corrected chi connectivity index (χ3v) is 14.1. The van der Waals surface area contributed by atoms with Crippen LogP contribution >= 0.6 is 11.8 Å². The van der Waals surface area contributed by atoms with Crippen LogP contribution in [0.1, 0.15) is 91.5 Å². The van der Waals surface area contributed by atoms with Crippen LogP contribution in [0.15, 0.2) is 30.3 Å². The minimum Gasteiger partial charge on any atom is -0.480 e. The van der Waals surface area contributed by atoms with Crippen LogP contribution in [0.25, 0.3) is 0 Å². The maximum atomic E-state index is 15.2. The lowest BCUT2D eigenvalue weighted by Gasteiger charge is -2.39. The van der Waals surface area contributed by atoms with Crippen molar-refractivity contribution >= 4 is 59.1 Å². The minimum absolute atomic E-state index is 0.0403. The van der Waals surface area contributed by atoms with Crippen LogP contribution in [-0.4, -0.2) is 174 Å². The third kappa shape index (κ3) is 15.7. The van der Waals surface area contributed by atoms with Gasteiger partial charge in [-0.3, -0.25) is 38.5 Å². The summed E-state index contributed by atoms with van der Waals surface area (Å²) in [7, 11) is 5.87. The lowest BCUT2D eigenvalue weighted by atomic mass is 9.90. The molecule has 2 aliphatic rings. The van der Waals surface area contributed by atoms with Gasteiger partial charge in [0.15, 0.2) is 0 Å². The van der Waals surface area contributed by atoms with Gasteiger partial charge in [0.1, 0.15) is 18.3 Å². The zero-order valence-corrected chi connectivity index (χ0v) is 41.4. The molecule has 1 aromatic carbocycles. The van der Waals surface area contributed by atoms with E-state index in [0.29, 0.717) is 31.2 Å². The van der Waals surface area contributed by atoms with Gasteiger partial charge in [0.05, 0.1) is 55.0 Å². The summed E-state index contributed by atoms with van der Waals surface area (Å²) in [6.07, 6.45) is -1.12. The first-order chi connectivity index (χ1) is 31.7. The Labute approximate surface area is 398 Å². The van der Waals surface area contributed by atoms with Gasteiger partial charge in [-0.05, 0) is 30.2 Å². The number of ether oxygens (including phenoxy) is 2. The first-order valence-corrected chi connectivity index (χ1v) is 24.3. The van der Waals surface area contributed by atoms with Gasteiger partial charge in [-0.15, -0.1) is 11.8 Å². The Morgan fingerprint density at radius 1 is 0.955 bits per heavy atom. The highest BCUT2D eigenvalue weighted by molar-refractivity contribution is 8.00. The smallest absolute Gasteiger partial charge is 0.326 e. The van der Waals surface area contributed by atoms with Gasteiger partial charge in [-0.25, -0.2) is 9.18 Å². The molecule has 3 rings (SSSR count). The Morgan fingerprint density at radius 3 is 2.21 bits per heavy atom. The van der Waals surface area contributed by atoms with E-state index in [-0.39, 0.29) is 80.6 Å². The van der Waals surface area contributed by atoms with E-state index in [1.165, 1.54) is 45.6 Å². The number of hydrogen-bond acceptors (Lipinski definition) is 12. The fourth-order valence-electron chi connectivity index (χ4n) is 9.15. The van der Waals surface area contributed by atoms with E-state index in [1.807, 2.05) is 13.8 Å². The molecule has 0 spiro atoms. The molecule has 1 unspecified atom stereocenters. The zero-order chi connectivity index (χ0) is 50.1. The van der Waals surface area contributed by atoms with Crippen LogP contribution in [0.3, 0.4) is 0 Å². The van der Waals surface area contributed by atoms with Crippen LogP contribution < -0.4 is 16.4 Å². The Balaban J connectivity index is 1.62. The number of amides is 7. The molecule has 0 aromatic heterocycles. The number of imide groups is 1. The number of carbonyl (C=O) groups excluding carboxylic acids is 7. The number of nitrogens with zero attached hydrogens (tertiary/aromatic N) is 4. The second-order valence-electron chi connectivity index (χ2n) is 18.0. The number of thioether (sulfide) groups is 1. The number of nitrogens with one attached hydrogen (secondary N) is 2. The third-order valence-electron chi connectivity index (χ3n) is 13.1. The number of likely N-dealkylation sites (tertiary alicyclic amines) is 2. The summed E-state index contributed by atoms with van der Waals surface area (Å²) in [5.41, 5.74) is 6.25.